The number of benzene rings is 3. The van der Waals surface area contributed by atoms with Crippen molar-refractivity contribution in [3.05, 3.63) is 83.4 Å². The number of hydrogen-bond acceptors (Lipinski definition) is 3. The van der Waals surface area contributed by atoms with Gasteiger partial charge in [0.25, 0.3) is 0 Å². The number of amides is 1. The fourth-order valence-corrected chi connectivity index (χ4v) is 3.87. The number of nitrogens with one attached hydrogen (secondary N) is 1. The molecule has 3 N–H and O–H groups in total. The lowest BCUT2D eigenvalue weighted by Gasteiger charge is -2.26. The lowest BCUT2D eigenvalue weighted by atomic mass is 9.81. The SMILES string of the molecule is NCC(NC(=O)C1CCC(=O)c2ccccc21)c1ccc2ccccc2c1. The molecule has 3 aromatic rings. The van der Waals surface area contributed by atoms with E-state index in [1.807, 2.05) is 42.5 Å². The Balaban J connectivity index is 1.59. The van der Waals surface area contributed by atoms with Gasteiger partial charge in [0, 0.05) is 18.5 Å². The summed E-state index contributed by atoms with van der Waals surface area (Å²) in [5.74, 6) is -0.272. The summed E-state index contributed by atoms with van der Waals surface area (Å²) in [5, 5.41) is 5.38. The number of hydrogen-bond donors (Lipinski definition) is 2. The van der Waals surface area contributed by atoms with E-state index in [1.165, 1.54) is 0 Å². The number of carbonyl (C=O) groups excluding carboxylic acids is 2. The highest BCUT2D eigenvalue weighted by molar-refractivity contribution is 6.01. The lowest BCUT2D eigenvalue weighted by Crippen LogP contribution is -2.38. The molecule has 0 aromatic heterocycles. The van der Waals surface area contributed by atoms with Crippen molar-refractivity contribution < 1.29 is 9.59 Å². The average Bonchev–Trinajstić information content (AvgIpc) is 2.72. The van der Waals surface area contributed by atoms with Crippen LogP contribution in [0.2, 0.25) is 0 Å². The fraction of sp³-hybridized carbons (Fsp3) is 0.217. The van der Waals surface area contributed by atoms with Crippen LogP contribution in [0.5, 0.6) is 0 Å². The summed E-state index contributed by atoms with van der Waals surface area (Å²) < 4.78 is 0. The van der Waals surface area contributed by atoms with E-state index in [9.17, 15) is 9.59 Å². The van der Waals surface area contributed by atoms with Crippen LogP contribution in [0.1, 0.15) is 46.3 Å². The lowest BCUT2D eigenvalue weighted by molar-refractivity contribution is -0.123. The molecule has 3 aromatic carbocycles. The van der Waals surface area contributed by atoms with Crippen molar-refractivity contribution in [1.29, 1.82) is 0 Å². The number of fused-ring (bicyclic) bond motifs is 2. The third kappa shape index (κ3) is 3.36. The maximum atomic E-state index is 13.0. The fourth-order valence-electron chi connectivity index (χ4n) is 3.87. The predicted octanol–water partition coefficient (Wildman–Crippen LogP) is 3.72. The summed E-state index contributed by atoms with van der Waals surface area (Å²) in [4.78, 5) is 25.1. The first-order chi connectivity index (χ1) is 13.2. The average molecular weight is 358 g/mol. The van der Waals surface area contributed by atoms with Crippen molar-refractivity contribution in [2.75, 3.05) is 6.54 Å². The molecule has 0 aliphatic heterocycles. The highest BCUT2D eigenvalue weighted by atomic mass is 16.2. The van der Waals surface area contributed by atoms with Crippen LogP contribution < -0.4 is 11.1 Å². The van der Waals surface area contributed by atoms with Crippen molar-refractivity contribution in [2.24, 2.45) is 5.73 Å². The summed E-state index contributed by atoms with van der Waals surface area (Å²) in [7, 11) is 0. The van der Waals surface area contributed by atoms with Gasteiger partial charge in [-0.25, -0.2) is 0 Å². The summed E-state index contributed by atoms with van der Waals surface area (Å²) in [6, 6.07) is 21.4. The van der Waals surface area contributed by atoms with Crippen LogP contribution in [0.3, 0.4) is 0 Å². The minimum atomic E-state index is -0.312. The van der Waals surface area contributed by atoms with E-state index in [0.29, 0.717) is 24.9 Å². The molecular weight excluding hydrogens is 336 g/mol. The van der Waals surface area contributed by atoms with Gasteiger partial charge in [-0.3, -0.25) is 9.59 Å². The highest BCUT2D eigenvalue weighted by Crippen LogP contribution is 2.32. The Morgan fingerprint density at radius 3 is 2.59 bits per heavy atom. The van der Waals surface area contributed by atoms with Gasteiger partial charge in [0.15, 0.2) is 5.78 Å². The van der Waals surface area contributed by atoms with E-state index < -0.39 is 0 Å². The van der Waals surface area contributed by atoms with Crippen molar-refractivity contribution in [2.45, 2.75) is 24.8 Å². The maximum absolute atomic E-state index is 13.0. The molecule has 4 rings (SSSR count). The first-order valence-electron chi connectivity index (χ1n) is 9.28. The number of nitrogens with two attached hydrogens (primary N) is 1. The monoisotopic (exact) mass is 358 g/mol. The Morgan fingerprint density at radius 2 is 1.78 bits per heavy atom. The Kier molecular flexibility index (Phi) is 4.73. The second-order valence-electron chi connectivity index (χ2n) is 7.01. The van der Waals surface area contributed by atoms with Gasteiger partial charge in [0.05, 0.1) is 12.0 Å². The maximum Gasteiger partial charge on any atom is 0.228 e. The number of Topliss-reactive ketones (excluding diaryl/α,β-unsaturated/α-hetero) is 1. The molecule has 0 fully saturated rings. The molecule has 136 valence electrons. The van der Waals surface area contributed by atoms with Crippen LogP contribution in [0.25, 0.3) is 10.8 Å². The van der Waals surface area contributed by atoms with E-state index in [4.69, 9.17) is 5.73 Å². The Labute approximate surface area is 158 Å². The van der Waals surface area contributed by atoms with E-state index in [2.05, 4.69) is 23.5 Å². The topological polar surface area (TPSA) is 72.2 Å². The normalized spacial score (nSPS) is 17.4. The molecule has 0 saturated heterocycles. The zero-order chi connectivity index (χ0) is 18.8. The quantitative estimate of drug-likeness (QED) is 0.747. The van der Waals surface area contributed by atoms with E-state index in [-0.39, 0.29) is 23.7 Å². The van der Waals surface area contributed by atoms with Gasteiger partial charge in [-0.05, 0) is 34.4 Å². The number of carbonyl (C=O) groups is 2. The molecule has 2 atom stereocenters. The number of ketones is 1. The molecule has 2 unspecified atom stereocenters. The van der Waals surface area contributed by atoms with Crippen LogP contribution in [-0.2, 0) is 4.79 Å². The van der Waals surface area contributed by atoms with Gasteiger partial charge < -0.3 is 11.1 Å². The van der Waals surface area contributed by atoms with Gasteiger partial charge in [-0.1, -0.05) is 60.7 Å². The first kappa shape index (κ1) is 17.4. The summed E-state index contributed by atoms with van der Waals surface area (Å²) in [6.07, 6.45) is 0.940. The van der Waals surface area contributed by atoms with Crippen LogP contribution in [0.15, 0.2) is 66.7 Å². The van der Waals surface area contributed by atoms with E-state index in [1.54, 1.807) is 6.07 Å². The Hall–Kier alpha value is -2.98. The minimum Gasteiger partial charge on any atom is -0.347 e. The van der Waals surface area contributed by atoms with Crippen molar-refractivity contribution >= 4 is 22.5 Å². The van der Waals surface area contributed by atoms with Crippen LogP contribution in [-0.4, -0.2) is 18.2 Å². The second kappa shape index (κ2) is 7.33. The zero-order valence-corrected chi connectivity index (χ0v) is 15.0. The molecular formula is C23H22N2O2. The standard InChI is InChI=1S/C23H22N2O2/c24-14-21(17-10-9-15-5-1-2-6-16(15)13-17)25-23(27)20-11-12-22(26)19-8-4-3-7-18(19)20/h1-10,13,20-21H,11-12,14,24H2,(H,25,27). The third-order valence-corrected chi connectivity index (χ3v) is 5.34. The third-order valence-electron chi connectivity index (χ3n) is 5.34. The number of rotatable bonds is 4. The van der Waals surface area contributed by atoms with E-state index in [0.717, 1.165) is 21.9 Å². The van der Waals surface area contributed by atoms with Gasteiger partial charge >= 0.3 is 0 Å². The summed E-state index contributed by atoms with van der Waals surface area (Å²) in [6.45, 7) is 0.317. The highest BCUT2D eigenvalue weighted by Gasteiger charge is 2.31. The van der Waals surface area contributed by atoms with Crippen LogP contribution in [0, 0.1) is 0 Å². The molecule has 0 radical (unpaired) electrons. The smallest absolute Gasteiger partial charge is 0.228 e. The van der Waals surface area contributed by atoms with Gasteiger partial charge in [-0.2, -0.15) is 0 Å². The molecule has 1 amide bonds. The molecule has 4 nitrogen and oxygen atoms in total. The molecule has 0 saturated carbocycles. The summed E-state index contributed by atoms with van der Waals surface area (Å²) >= 11 is 0. The molecule has 27 heavy (non-hydrogen) atoms. The molecule has 1 aliphatic rings. The summed E-state index contributed by atoms with van der Waals surface area (Å²) in [5.41, 5.74) is 8.45. The Morgan fingerprint density at radius 1 is 1.04 bits per heavy atom. The predicted molar refractivity (Wildman–Crippen MR) is 107 cm³/mol. The molecule has 0 bridgehead atoms. The largest absolute Gasteiger partial charge is 0.347 e. The molecule has 4 heteroatoms. The molecule has 1 aliphatic carbocycles. The zero-order valence-electron chi connectivity index (χ0n) is 15.0. The van der Waals surface area contributed by atoms with Crippen molar-refractivity contribution in [1.82, 2.24) is 5.32 Å². The second-order valence-corrected chi connectivity index (χ2v) is 7.01. The van der Waals surface area contributed by atoms with Crippen molar-refractivity contribution in [3.8, 4) is 0 Å². The van der Waals surface area contributed by atoms with E-state index >= 15 is 0 Å². The van der Waals surface area contributed by atoms with Crippen LogP contribution in [0.4, 0.5) is 0 Å². The van der Waals surface area contributed by atoms with Gasteiger partial charge in [0.1, 0.15) is 0 Å². The van der Waals surface area contributed by atoms with Crippen molar-refractivity contribution in [3.63, 3.8) is 0 Å². The Bertz CT molecular complexity index is 1010. The van der Waals surface area contributed by atoms with Crippen LogP contribution >= 0.6 is 0 Å². The van der Waals surface area contributed by atoms with Gasteiger partial charge in [-0.15, -0.1) is 0 Å². The first-order valence-corrected chi connectivity index (χ1v) is 9.28. The van der Waals surface area contributed by atoms with Gasteiger partial charge in [0.2, 0.25) is 5.91 Å². The molecule has 0 heterocycles. The minimum absolute atomic E-state index is 0.0708. The molecule has 0 spiro atoms.